The topological polar surface area (TPSA) is 68.7 Å². The average molecular weight is 348 g/mol. The Bertz CT molecular complexity index is 710. The van der Waals surface area contributed by atoms with Crippen molar-refractivity contribution in [1.82, 2.24) is 9.88 Å². The van der Waals surface area contributed by atoms with Gasteiger partial charge in [-0.05, 0) is 38.1 Å². The highest BCUT2D eigenvalue weighted by atomic mass is 32.1. The van der Waals surface area contributed by atoms with Crippen molar-refractivity contribution in [2.45, 2.75) is 26.6 Å². The van der Waals surface area contributed by atoms with Gasteiger partial charge in [0.15, 0.2) is 6.10 Å². The van der Waals surface area contributed by atoms with Gasteiger partial charge in [0.05, 0.1) is 16.3 Å². The molecule has 0 radical (unpaired) electrons. The number of likely N-dealkylation sites (N-methyl/N-ethyl adjacent to an activating group) is 1. The molecule has 0 spiro atoms. The van der Waals surface area contributed by atoms with E-state index in [2.05, 4.69) is 4.98 Å². The molecule has 0 N–H and O–H groups in total. The van der Waals surface area contributed by atoms with Crippen LogP contribution < -0.4 is 4.74 Å². The Morgan fingerprint density at radius 1 is 1.25 bits per heavy atom. The van der Waals surface area contributed by atoms with Crippen LogP contribution in [0.15, 0.2) is 29.6 Å². The zero-order valence-corrected chi connectivity index (χ0v) is 14.9. The van der Waals surface area contributed by atoms with Crippen molar-refractivity contribution in [3.8, 4) is 5.75 Å². The van der Waals surface area contributed by atoms with Crippen LogP contribution >= 0.6 is 11.3 Å². The largest absolute Gasteiger partial charge is 0.487 e. The van der Waals surface area contributed by atoms with Crippen LogP contribution in [-0.2, 0) is 16.1 Å². The summed E-state index contributed by atoms with van der Waals surface area (Å²) in [6.07, 6.45) is -0.823. The quantitative estimate of drug-likeness (QED) is 0.751. The molecule has 1 aromatic carbocycles. The molecule has 1 atom stereocenters. The summed E-state index contributed by atoms with van der Waals surface area (Å²) in [5.74, 6) is -0.171. The molecule has 1 heterocycles. The molecule has 128 valence electrons. The predicted molar refractivity (Wildman–Crippen MR) is 91.2 cm³/mol. The number of carbonyl (C=O) groups is 2. The zero-order valence-electron chi connectivity index (χ0n) is 14.1. The van der Waals surface area contributed by atoms with E-state index in [0.29, 0.717) is 17.9 Å². The summed E-state index contributed by atoms with van der Waals surface area (Å²) in [5.41, 5.74) is 1.24. The number of benzene rings is 1. The molecule has 6 nitrogen and oxygen atoms in total. The molecule has 1 amide bonds. The van der Waals surface area contributed by atoms with E-state index in [4.69, 9.17) is 9.47 Å². The minimum Gasteiger partial charge on any atom is -0.487 e. The second kappa shape index (κ2) is 7.92. The van der Waals surface area contributed by atoms with E-state index in [1.165, 1.54) is 4.90 Å². The maximum atomic E-state index is 12.0. The van der Waals surface area contributed by atoms with Gasteiger partial charge in [-0.1, -0.05) is 0 Å². The van der Waals surface area contributed by atoms with Crippen molar-refractivity contribution in [3.63, 3.8) is 0 Å². The van der Waals surface area contributed by atoms with Gasteiger partial charge in [0, 0.05) is 19.5 Å². The van der Waals surface area contributed by atoms with Gasteiger partial charge in [-0.15, -0.1) is 11.3 Å². The zero-order chi connectivity index (χ0) is 17.7. The molecule has 0 aliphatic rings. The van der Waals surface area contributed by atoms with E-state index in [1.807, 2.05) is 12.3 Å². The maximum absolute atomic E-state index is 12.0. The third-order valence-electron chi connectivity index (χ3n) is 3.22. The van der Waals surface area contributed by atoms with Crippen LogP contribution in [0.5, 0.6) is 5.75 Å². The first kappa shape index (κ1) is 17.9. The second-order valence-corrected chi connectivity index (χ2v) is 6.51. The molecule has 7 heteroatoms. The molecular formula is C17H20N2O4S. The minimum atomic E-state index is -0.823. The number of rotatable bonds is 6. The Morgan fingerprint density at radius 3 is 2.46 bits per heavy atom. The standard InChI is InChI=1S/C17H20N2O4S/c1-11(16(20)19(3)4)23-17(21)13-5-7-15(8-6-13)22-9-14-10-24-12(2)18-14/h5-8,10-11H,9H2,1-4H3/t11-/m1/s1. The van der Waals surface area contributed by atoms with E-state index in [-0.39, 0.29) is 5.91 Å². The van der Waals surface area contributed by atoms with Gasteiger partial charge in [-0.25, -0.2) is 9.78 Å². The molecule has 2 aromatic rings. The fourth-order valence-electron chi connectivity index (χ4n) is 1.96. The normalized spacial score (nSPS) is 11.7. The Labute approximate surface area is 145 Å². The van der Waals surface area contributed by atoms with Gasteiger partial charge in [-0.3, -0.25) is 4.79 Å². The highest BCUT2D eigenvalue weighted by Gasteiger charge is 2.20. The van der Waals surface area contributed by atoms with E-state index >= 15 is 0 Å². The first-order valence-electron chi connectivity index (χ1n) is 7.43. The third-order valence-corrected chi connectivity index (χ3v) is 4.04. The first-order chi connectivity index (χ1) is 11.4. The minimum absolute atomic E-state index is 0.262. The molecular weight excluding hydrogens is 328 g/mol. The first-order valence-corrected chi connectivity index (χ1v) is 8.31. The van der Waals surface area contributed by atoms with Crippen molar-refractivity contribution in [2.75, 3.05) is 14.1 Å². The Kier molecular flexibility index (Phi) is 5.92. The fourth-order valence-corrected chi connectivity index (χ4v) is 2.56. The lowest BCUT2D eigenvalue weighted by molar-refractivity contribution is -0.137. The van der Waals surface area contributed by atoms with Gasteiger partial charge >= 0.3 is 5.97 Å². The van der Waals surface area contributed by atoms with Crippen molar-refractivity contribution < 1.29 is 19.1 Å². The molecule has 1 aromatic heterocycles. The molecule has 0 unspecified atom stereocenters. The summed E-state index contributed by atoms with van der Waals surface area (Å²) in [5, 5.41) is 2.94. The van der Waals surface area contributed by atoms with E-state index in [1.54, 1.807) is 56.6 Å². The Hall–Kier alpha value is -2.41. The van der Waals surface area contributed by atoms with E-state index in [9.17, 15) is 9.59 Å². The molecule has 0 fully saturated rings. The van der Waals surface area contributed by atoms with Gasteiger partial charge in [0.25, 0.3) is 5.91 Å². The van der Waals surface area contributed by atoms with Crippen LogP contribution in [-0.4, -0.2) is 42.0 Å². The smallest absolute Gasteiger partial charge is 0.338 e. The highest BCUT2D eigenvalue weighted by molar-refractivity contribution is 7.09. The van der Waals surface area contributed by atoms with Crippen LogP contribution in [0.2, 0.25) is 0 Å². The highest BCUT2D eigenvalue weighted by Crippen LogP contribution is 2.16. The van der Waals surface area contributed by atoms with Gasteiger partial charge in [-0.2, -0.15) is 0 Å². The molecule has 0 saturated heterocycles. The fraction of sp³-hybridized carbons (Fsp3) is 0.353. The number of amides is 1. The van der Waals surface area contributed by atoms with Crippen molar-refractivity contribution in [2.24, 2.45) is 0 Å². The van der Waals surface area contributed by atoms with E-state index < -0.39 is 12.1 Å². The van der Waals surface area contributed by atoms with Gasteiger partial charge in [0.2, 0.25) is 0 Å². The molecule has 0 bridgehead atoms. The number of esters is 1. The summed E-state index contributed by atoms with van der Waals surface area (Å²) in [6, 6.07) is 6.59. The molecule has 0 aliphatic heterocycles. The maximum Gasteiger partial charge on any atom is 0.338 e. The van der Waals surface area contributed by atoms with Crippen molar-refractivity contribution in [1.29, 1.82) is 0 Å². The Balaban J connectivity index is 1.91. The lowest BCUT2D eigenvalue weighted by atomic mass is 10.2. The van der Waals surface area contributed by atoms with Gasteiger partial charge in [0.1, 0.15) is 12.4 Å². The number of aromatic nitrogens is 1. The number of hydrogen-bond donors (Lipinski definition) is 0. The summed E-state index contributed by atoms with van der Waals surface area (Å²) in [4.78, 5) is 29.4. The predicted octanol–water partition coefficient (Wildman–Crippen LogP) is 2.66. The lowest BCUT2D eigenvalue weighted by Crippen LogP contribution is -2.34. The van der Waals surface area contributed by atoms with Crippen molar-refractivity contribution >= 4 is 23.2 Å². The third kappa shape index (κ3) is 4.79. The number of carbonyl (C=O) groups excluding carboxylic acids is 2. The lowest BCUT2D eigenvalue weighted by Gasteiger charge is -2.17. The van der Waals surface area contributed by atoms with Crippen LogP contribution in [0.4, 0.5) is 0 Å². The molecule has 24 heavy (non-hydrogen) atoms. The van der Waals surface area contributed by atoms with E-state index in [0.717, 1.165) is 10.7 Å². The number of ether oxygens (including phenoxy) is 2. The number of hydrogen-bond acceptors (Lipinski definition) is 6. The number of thiazole rings is 1. The molecule has 2 rings (SSSR count). The number of aryl methyl sites for hydroxylation is 1. The molecule has 0 aliphatic carbocycles. The van der Waals surface area contributed by atoms with Crippen LogP contribution in [0.1, 0.15) is 28.0 Å². The molecule has 0 saturated carbocycles. The van der Waals surface area contributed by atoms with Crippen LogP contribution in [0, 0.1) is 6.92 Å². The van der Waals surface area contributed by atoms with Crippen molar-refractivity contribution in [3.05, 3.63) is 45.9 Å². The summed E-state index contributed by atoms with van der Waals surface area (Å²) in [6.45, 7) is 3.87. The monoisotopic (exact) mass is 348 g/mol. The number of nitrogens with zero attached hydrogens (tertiary/aromatic N) is 2. The SMILES string of the molecule is Cc1nc(COc2ccc(C(=O)O[C@H](C)C(=O)N(C)C)cc2)cs1. The summed E-state index contributed by atoms with van der Waals surface area (Å²) in [7, 11) is 3.23. The Morgan fingerprint density at radius 2 is 1.92 bits per heavy atom. The second-order valence-electron chi connectivity index (χ2n) is 5.45. The summed E-state index contributed by atoms with van der Waals surface area (Å²) >= 11 is 1.57. The average Bonchev–Trinajstić information content (AvgIpc) is 2.97. The van der Waals surface area contributed by atoms with Crippen LogP contribution in [0.3, 0.4) is 0 Å². The van der Waals surface area contributed by atoms with Gasteiger partial charge < -0.3 is 14.4 Å². The summed E-state index contributed by atoms with van der Waals surface area (Å²) < 4.78 is 10.8. The van der Waals surface area contributed by atoms with Crippen LogP contribution in [0.25, 0.3) is 0 Å².